The molecule has 0 unspecified atom stereocenters. The van der Waals surface area contributed by atoms with Crippen molar-refractivity contribution in [1.29, 1.82) is 0 Å². The summed E-state index contributed by atoms with van der Waals surface area (Å²) in [5, 5.41) is 19.3. The largest absolute Gasteiger partial charge is 1.00 e. The topological polar surface area (TPSA) is 63.2 Å². The molecule has 0 spiro atoms. The second kappa shape index (κ2) is 10.1. The Kier molecular flexibility index (Phi) is 11.6. The number of rotatable bonds is 0. The van der Waals surface area contributed by atoms with Crippen molar-refractivity contribution < 1.29 is 74.1 Å². The number of hydrogen-bond donors (Lipinski definition) is 0. The third kappa shape index (κ3) is 7.28. The van der Waals surface area contributed by atoms with Gasteiger partial charge in [-0.05, 0) is 16.9 Å². The average molecular weight is 234 g/mol. The van der Waals surface area contributed by atoms with E-state index >= 15 is 0 Å². The first-order valence-electron chi connectivity index (χ1n) is 4.02. The number of fused-ring (bicyclic) bond motifs is 1. The van der Waals surface area contributed by atoms with Crippen molar-refractivity contribution in [3.63, 3.8) is 0 Å². The minimum absolute atomic E-state index is 0. The van der Waals surface area contributed by atoms with Gasteiger partial charge in [-0.3, -0.25) is 0 Å². The Balaban J connectivity index is 0. The molecular formula is C11H8Na2O3. The quantitative estimate of drug-likeness (QED) is 0.427. The van der Waals surface area contributed by atoms with Crippen molar-refractivity contribution in [2.75, 3.05) is 0 Å². The van der Waals surface area contributed by atoms with Gasteiger partial charge in [0.1, 0.15) is 0 Å². The molecule has 0 heterocycles. The van der Waals surface area contributed by atoms with Crippen molar-refractivity contribution in [1.82, 2.24) is 0 Å². The van der Waals surface area contributed by atoms with Crippen LogP contribution in [0, 0.1) is 0 Å². The van der Waals surface area contributed by atoms with Gasteiger partial charge in [0.2, 0.25) is 0 Å². The van der Waals surface area contributed by atoms with E-state index in [1.54, 1.807) is 0 Å². The Morgan fingerprint density at radius 1 is 0.750 bits per heavy atom. The summed E-state index contributed by atoms with van der Waals surface area (Å²) in [6.07, 6.45) is -2.33. The molecule has 0 N–H and O–H groups in total. The molecule has 0 amide bonds. The van der Waals surface area contributed by atoms with E-state index in [1.807, 2.05) is 0 Å². The molecule has 0 aliphatic carbocycles. The van der Waals surface area contributed by atoms with E-state index in [0.29, 0.717) is 0 Å². The molecule has 0 aliphatic heterocycles. The van der Waals surface area contributed by atoms with Crippen LogP contribution in [-0.2, 0) is 0 Å². The summed E-state index contributed by atoms with van der Waals surface area (Å²) in [5.41, 5.74) is 0. The molecule has 72 valence electrons. The summed E-state index contributed by atoms with van der Waals surface area (Å²) >= 11 is 0. The molecule has 0 aromatic heterocycles. The fourth-order valence-corrected chi connectivity index (χ4v) is 1.13. The molecule has 2 rings (SSSR count). The van der Waals surface area contributed by atoms with Crippen molar-refractivity contribution in [3.05, 3.63) is 48.5 Å². The van der Waals surface area contributed by atoms with Gasteiger partial charge >= 0.3 is 59.1 Å². The van der Waals surface area contributed by atoms with Crippen LogP contribution in [0.5, 0.6) is 0 Å². The summed E-state index contributed by atoms with van der Waals surface area (Å²) in [6, 6.07) is 16.7. The fourth-order valence-electron chi connectivity index (χ4n) is 1.13. The van der Waals surface area contributed by atoms with Gasteiger partial charge < -0.3 is 15.0 Å². The van der Waals surface area contributed by atoms with Crippen LogP contribution < -0.4 is 69.3 Å². The van der Waals surface area contributed by atoms with E-state index in [4.69, 9.17) is 15.0 Å². The third-order valence-corrected chi connectivity index (χ3v) is 1.66. The van der Waals surface area contributed by atoms with Crippen LogP contribution in [0.1, 0.15) is 0 Å². The van der Waals surface area contributed by atoms with Gasteiger partial charge in [-0.1, -0.05) is 48.5 Å². The normalized spacial score (nSPS) is 7.75. The zero-order chi connectivity index (χ0) is 10.4. The van der Waals surface area contributed by atoms with Crippen molar-refractivity contribution >= 4 is 16.9 Å². The molecule has 0 bridgehead atoms. The van der Waals surface area contributed by atoms with Crippen LogP contribution in [0.25, 0.3) is 10.8 Å². The van der Waals surface area contributed by atoms with E-state index in [2.05, 4.69) is 48.5 Å². The van der Waals surface area contributed by atoms with E-state index in [9.17, 15) is 0 Å². The van der Waals surface area contributed by atoms with Gasteiger partial charge in [0.25, 0.3) is 0 Å². The zero-order valence-corrected chi connectivity index (χ0v) is 13.3. The van der Waals surface area contributed by atoms with E-state index in [0.717, 1.165) is 0 Å². The van der Waals surface area contributed by atoms with Gasteiger partial charge in [0, 0.05) is 0 Å². The SMILES string of the molecule is O=C([O-])[O-].[Na+].[Na+].c1ccc2ccccc2c1. The predicted molar refractivity (Wildman–Crippen MR) is 49.3 cm³/mol. The summed E-state index contributed by atoms with van der Waals surface area (Å²) in [4.78, 5) is 8.33. The first kappa shape index (κ1) is 18.3. The first-order valence-corrected chi connectivity index (χ1v) is 4.02. The van der Waals surface area contributed by atoms with E-state index in [1.165, 1.54) is 10.8 Å². The van der Waals surface area contributed by atoms with Gasteiger partial charge in [-0.15, -0.1) is 0 Å². The average Bonchev–Trinajstić information content (AvgIpc) is 2.17. The smallest absolute Gasteiger partial charge is 0.652 e. The first-order chi connectivity index (χ1) is 6.70. The Morgan fingerprint density at radius 3 is 1.12 bits per heavy atom. The molecule has 2 aromatic carbocycles. The van der Waals surface area contributed by atoms with Gasteiger partial charge in [-0.2, -0.15) is 0 Å². The standard InChI is InChI=1S/C10H8.CH2O3.2Na/c1-2-6-10-8-4-3-7-9(10)5-1;2-1(3)4;;/h1-8H;(H2,2,3,4);;/q;;2*+1/p-2. The Morgan fingerprint density at radius 2 is 0.938 bits per heavy atom. The summed E-state index contributed by atoms with van der Waals surface area (Å²) in [7, 11) is 0. The van der Waals surface area contributed by atoms with E-state index in [-0.39, 0.29) is 59.1 Å². The molecule has 0 saturated heterocycles. The monoisotopic (exact) mass is 234 g/mol. The van der Waals surface area contributed by atoms with Crippen LogP contribution in [0.3, 0.4) is 0 Å². The minimum atomic E-state index is -2.33. The molecule has 5 heteroatoms. The van der Waals surface area contributed by atoms with Crippen molar-refractivity contribution in [2.24, 2.45) is 0 Å². The Bertz CT molecular complexity index is 363. The van der Waals surface area contributed by atoms with E-state index < -0.39 is 6.16 Å². The number of carbonyl (C=O) groups is 1. The molecule has 3 nitrogen and oxygen atoms in total. The summed E-state index contributed by atoms with van der Waals surface area (Å²) in [6.45, 7) is 0. The number of carbonyl (C=O) groups excluding carboxylic acids is 1. The Labute approximate surface area is 138 Å². The molecule has 16 heavy (non-hydrogen) atoms. The summed E-state index contributed by atoms with van der Waals surface area (Å²) < 4.78 is 0. The zero-order valence-electron chi connectivity index (χ0n) is 9.34. The van der Waals surface area contributed by atoms with Crippen molar-refractivity contribution in [3.8, 4) is 0 Å². The van der Waals surface area contributed by atoms with Crippen molar-refractivity contribution in [2.45, 2.75) is 0 Å². The molecule has 0 radical (unpaired) electrons. The maximum absolute atomic E-state index is 8.33. The molecule has 0 aliphatic rings. The molecule has 0 fully saturated rings. The molecular weight excluding hydrogens is 226 g/mol. The predicted octanol–water partition coefficient (Wildman–Crippen LogP) is -5.60. The van der Waals surface area contributed by atoms with Gasteiger partial charge in [0.15, 0.2) is 0 Å². The second-order valence-corrected chi connectivity index (χ2v) is 2.60. The molecule has 0 atom stereocenters. The molecule has 0 saturated carbocycles. The van der Waals surface area contributed by atoms with Crippen LogP contribution in [-0.4, -0.2) is 6.16 Å². The van der Waals surface area contributed by atoms with Crippen LogP contribution in [0.2, 0.25) is 0 Å². The Hall–Kier alpha value is -0.0300. The molecule has 2 aromatic rings. The number of benzene rings is 2. The fraction of sp³-hybridized carbons (Fsp3) is 0. The number of hydrogen-bond acceptors (Lipinski definition) is 3. The minimum Gasteiger partial charge on any atom is -0.652 e. The maximum atomic E-state index is 8.33. The summed E-state index contributed by atoms with van der Waals surface area (Å²) in [5.74, 6) is 0. The van der Waals surface area contributed by atoms with Gasteiger partial charge in [0.05, 0.1) is 0 Å². The van der Waals surface area contributed by atoms with Crippen LogP contribution >= 0.6 is 0 Å². The van der Waals surface area contributed by atoms with Crippen LogP contribution in [0.15, 0.2) is 48.5 Å². The second-order valence-electron chi connectivity index (χ2n) is 2.60. The number of carboxylic acid groups (broad SMARTS) is 2. The van der Waals surface area contributed by atoms with Crippen LogP contribution in [0.4, 0.5) is 4.79 Å². The van der Waals surface area contributed by atoms with Gasteiger partial charge in [-0.25, -0.2) is 0 Å². The maximum Gasteiger partial charge on any atom is 1.00 e. The third-order valence-electron chi connectivity index (χ3n) is 1.66.